The third-order valence-corrected chi connectivity index (χ3v) is 15.0. The van der Waals surface area contributed by atoms with E-state index in [-0.39, 0.29) is 27.9 Å². The summed E-state index contributed by atoms with van der Waals surface area (Å²) in [5.74, 6) is 3.87. The van der Waals surface area contributed by atoms with Gasteiger partial charge in [-0.05, 0) is 141 Å². The number of aliphatic hydroxyl groups excluding tert-OH is 1. The molecule has 6 rings (SSSR count). The highest BCUT2D eigenvalue weighted by molar-refractivity contribution is 7.90. The Hall–Kier alpha value is -1.80. The Kier molecular flexibility index (Phi) is 8.38. The van der Waals surface area contributed by atoms with Crippen LogP contribution in [0.3, 0.4) is 0 Å². The first-order chi connectivity index (χ1) is 20.7. The van der Waals surface area contributed by atoms with Crippen LogP contribution in [0.25, 0.3) is 0 Å². The Morgan fingerprint density at radius 3 is 2.50 bits per heavy atom. The quantitative estimate of drug-likeness (QED) is 0.313. The number of urea groups is 1. The second kappa shape index (κ2) is 11.5. The summed E-state index contributed by atoms with van der Waals surface area (Å²) in [5.41, 5.74) is 1.05. The van der Waals surface area contributed by atoms with Crippen molar-refractivity contribution in [1.82, 2.24) is 10.0 Å². The van der Waals surface area contributed by atoms with E-state index < -0.39 is 16.1 Å². The molecule has 0 radical (unpaired) electrons. The number of ether oxygens (including phenoxy) is 1. The van der Waals surface area contributed by atoms with E-state index in [4.69, 9.17) is 4.74 Å². The number of carbonyl (C=O) groups excluding carboxylic acids is 1. The molecule has 246 valence electrons. The number of sulfonamides is 1. The molecular formula is C36H56N2O5S. The van der Waals surface area contributed by atoms with E-state index in [0.717, 1.165) is 37.7 Å². The molecule has 1 heterocycles. The van der Waals surface area contributed by atoms with Crippen LogP contribution < -0.4 is 14.8 Å². The third kappa shape index (κ3) is 5.38. The van der Waals surface area contributed by atoms with Crippen molar-refractivity contribution in [3.8, 4) is 5.75 Å². The molecule has 1 aromatic rings. The fraction of sp³-hybridized carbons (Fsp3) is 0.806. The highest BCUT2D eigenvalue weighted by Gasteiger charge is 2.64. The van der Waals surface area contributed by atoms with Gasteiger partial charge >= 0.3 is 6.03 Å². The molecule has 5 aliphatic rings. The molecule has 2 amide bonds. The molecular weight excluding hydrogens is 572 g/mol. The zero-order valence-electron chi connectivity index (χ0n) is 27.8. The Balaban J connectivity index is 1.10. The molecule has 4 saturated carbocycles. The first kappa shape index (κ1) is 32.2. The van der Waals surface area contributed by atoms with Crippen LogP contribution in [0.2, 0.25) is 0 Å². The monoisotopic (exact) mass is 628 g/mol. The van der Waals surface area contributed by atoms with Gasteiger partial charge in [0, 0.05) is 6.54 Å². The van der Waals surface area contributed by atoms with Crippen molar-refractivity contribution in [2.45, 2.75) is 129 Å². The third-order valence-electron chi connectivity index (χ3n) is 13.6. The fourth-order valence-electron chi connectivity index (χ4n) is 11.4. The molecule has 0 spiro atoms. The minimum absolute atomic E-state index is 0.0796. The first-order valence-corrected chi connectivity index (χ1v) is 19.0. The predicted octanol–water partition coefficient (Wildman–Crippen LogP) is 7.07. The Bertz CT molecular complexity index is 1360. The minimum atomic E-state index is -4.01. The maximum absolute atomic E-state index is 13.1. The largest absolute Gasteiger partial charge is 0.488 e. The average Bonchev–Trinajstić information content (AvgIpc) is 3.32. The van der Waals surface area contributed by atoms with Gasteiger partial charge in [-0.3, -0.25) is 0 Å². The zero-order chi connectivity index (χ0) is 31.7. The van der Waals surface area contributed by atoms with E-state index in [1.807, 2.05) is 13.8 Å². The molecule has 1 aliphatic heterocycles. The Morgan fingerprint density at radius 2 is 1.75 bits per heavy atom. The molecule has 8 heteroatoms. The summed E-state index contributed by atoms with van der Waals surface area (Å²) < 4.78 is 34.4. The number of amides is 2. The van der Waals surface area contributed by atoms with Gasteiger partial charge < -0.3 is 15.2 Å². The van der Waals surface area contributed by atoms with Gasteiger partial charge in [-0.2, -0.15) is 0 Å². The highest BCUT2D eigenvalue weighted by Crippen LogP contribution is 2.69. The summed E-state index contributed by atoms with van der Waals surface area (Å²) in [6, 6.07) is 4.14. The number of benzene rings is 1. The van der Waals surface area contributed by atoms with E-state index >= 15 is 0 Å². The lowest BCUT2D eigenvalue weighted by Crippen LogP contribution is -2.61. The van der Waals surface area contributed by atoms with Gasteiger partial charge in [0.15, 0.2) is 0 Å². The topological polar surface area (TPSA) is 105 Å². The SMILES string of the molecule is CC[C@H]1[C@@H](O)[C@@H]2[C@H](CC[C@]3(C)[C@@H]([C@H](C)CNC(=O)NS(=O)(=O)c4ccc5c(c4)CCC(C)(C)O5)CC[C@@H]23)[C@@]2(C)CCCC[C@@H]12. The van der Waals surface area contributed by atoms with E-state index in [1.54, 1.807) is 12.1 Å². The van der Waals surface area contributed by atoms with Crippen molar-refractivity contribution >= 4 is 16.1 Å². The van der Waals surface area contributed by atoms with Crippen LogP contribution in [0.1, 0.15) is 111 Å². The summed E-state index contributed by atoms with van der Waals surface area (Å²) in [5, 5.41) is 14.8. The van der Waals surface area contributed by atoms with Crippen LogP contribution in [0.5, 0.6) is 5.75 Å². The number of hydrogen-bond donors (Lipinski definition) is 3. The van der Waals surface area contributed by atoms with Crippen molar-refractivity contribution in [2.75, 3.05) is 6.54 Å². The van der Waals surface area contributed by atoms with Crippen LogP contribution in [0.15, 0.2) is 23.1 Å². The standard InChI is InChI=1S/C36H56N2O5S/c1-7-25-27-10-8-9-17-35(27,5)29-16-19-36(6)26(12-13-28(36)31(29)32(25)39)22(2)21-37-33(40)38-44(41,42)24-11-14-30-23(20-24)15-18-34(3,4)43-30/h11,14,20,22,25-29,31-32,39H,7-10,12-13,15-19,21H2,1-6H3,(H2,37,38,40)/t22-,25-,26-,27+,28+,29+,31+,32-,35+,36-/m1/s1. The van der Waals surface area contributed by atoms with E-state index in [1.165, 1.54) is 44.6 Å². The molecule has 44 heavy (non-hydrogen) atoms. The maximum atomic E-state index is 13.1. The molecule has 7 nitrogen and oxygen atoms in total. The molecule has 0 aromatic heterocycles. The first-order valence-electron chi connectivity index (χ1n) is 17.5. The average molecular weight is 629 g/mol. The zero-order valence-corrected chi connectivity index (χ0v) is 28.6. The number of rotatable bonds is 6. The molecule has 10 atom stereocenters. The molecule has 0 bridgehead atoms. The van der Waals surface area contributed by atoms with Crippen LogP contribution in [-0.4, -0.2) is 37.8 Å². The van der Waals surface area contributed by atoms with Crippen LogP contribution in [0, 0.1) is 52.3 Å². The number of aliphatic hydroxyl groups is 1. The van der Waals surface area contributed by atoms with Crippen LogP contribution in [-0.2, 0) is 16.4 Å². The van der Waals surface area contributed by atoms with Gasteiger partial charge in [-0.15, -0.1) is 0 Å². The van der Waals surface area contributed by atoms with Gasteiger partial charge in [0.1, 0.15) is 11.4 Å². The number of carbonyl (C=O) groups is 1. The molecule has 1 aromatic carbocycles. The molecule has 3 N–H and O–H groups in total. The smallest absolute Gasteiger partial charge is 0.328 e. The van der Waals surface area contributed by atoms with Gasteiger partial charge in [0.25, 0.3) is 10.0 Å². The van der Waals surface area contributed by atoms with Crippen LogP contribution in [0.4, 0.5) is 4.79 Å². The van der Waals surface area contributed by atoms with Crippen molar-refractivity contribution in [1.29, 1.82) is 0 Å². The van der Waals surface area contributed by atoms with Crippen molar-refractivity contribution in [2.24, 2.45) is 52.3 Å². The lowest BCUT2D eigenvalue weighted by atomic mass is 9.41. The number of hydrogen-bond acceptors (Lipinski definition) is 5. The van der Waals surface area contributed by atoms with Crippen molar-refractivity contribution in [3.63, 3.8) is 0 Å². The summed E-state index contributed by atoms with van der Waals surface area (Å²) in [7, 11) is -4.01. The predicted molar refractivity (Wildman–Crippen MR) is 173 cm³/mol. The molecule has 0 saturated heterocycles. The van der Waals surface area contributed by atoms with Gasteiger partial charge in [-0.1, -0.05) is 47.0 Å². The van der Waals surface area contributed by atoms with Gasteiger partial charge in [0.2, 0.25) is 0 Å². The lowest BCUT2D eigenvalue weighted by Gasteiger charge is -2.64. The second-order valence-electron chi connectivity index (χ2n) is 16.4. The van der Waals surface area contributed by atoms with Crippen LogP contribution >= 0.6 is 0 Å². The molecule has 4 fully saturated rings. The molecule has 0 unspecified atom stereocenters. The summed E-state index contributed by atoms with van der Waals surface area (Å²) >= 11 is 0. The van der Waals surface area contributed by atoms with Crippen molar-refractivity contribution in [3.05, 3.63) is 23.8 Å². The Morgan fingerprint density at radius 1 is 1.00 bits per heavy atom. The summed E-state index contributed by atoms with van der Waals surface area (Å²) in [6.45, 7) is 14.0. The fourth-order valence-corrected chi connectivity index (χ4v) is 12.4. The minimum Gasteiger partial charge on any atom is -0.488 e. The van der Waals surface area contributed by atoms with E-state index in [0.29, 0.717) is 53.2 Å². The highest BCUT2D eigenvalue weighted by atomic mass is 32.2. The Labute approximate surface area is 265 Å². The maximum Gasteiger partial charge on any atom is 0.328 e. The van der Waals surface area contributed by atoms with Crippen molar-refractivity contribution < 1.29 is 23.1 Å². The normalized spacial score (nSPS) is 39.9. The van der Waals surface area contributed by atoms with E-state index in [9.17, 15) is 18.3 Å². The van der Waals surface area contributed by atoms with Gasteiger partial charge in [-0.25, -0.2) is 17.9 Å². The second-order valence-corrected chi connectivity index (χ2v) is 18.0. The number of nitrogens with one attached hydrogen (secondary N) is 2. The summed E-state index contributed by atoms with van der Waals surface area (Å²) in [6.07, 6.45) is 12.2. The molecule has 4 aliphatic carbocycles. The lowest BCUT2D eigenvalue weighted by molar-refractivity contribution is -0.194. The number of aryl methyl sites for hydroxylation is 1. The number of fused-ring (bicyclic) bond motifs is 6. The van der Waals surface area contributed by atoms with E-state index in [2.05, 4.69) is 37.7 Å². The summed E-state index contributed by atoms with van der Waals surface area (Å²) in [4.78, 5) is 13.0. The van der Waals surface area contributed by atoms with Gasteiger partial charge in [0.05, 0.1) is 11.0 Å².